The second-order valence-electron chi connectivity index (χ2n) is 10.3. The number of nitrogens with zero attached hydrogens (tertiary/aromatic N) is 1. The molecule has 0 aromatic heterocycles. The van der Waals surface area contributed by atoms with Crippen molar-refractivity contribution in [3.05, 3.63) is 107 Å². The second kappa shape index (κ2) is 11.1. The summed E-state index contributed by atoms with van der Waals surface area (Å²) >= 11 is 0. The van der Waals surface area contributed by atoms with Gasteiger partial charge >= 0.3 is 5.97 Å². The van der Waals surface area contributed by atoms with E-state index < -0.39 is 5.60 Å². The molecule has 0 saturated carbocycles. The van der Waals surface area contributed by atoms with Crippen LogP contribution in [0.15, 0.2) is 84.9 Å². The molecule has 0 amide bonds. The molecule has 5 nitrogen and oxygen atoms in total. The average molecular weight is 534 g/mol. The van der Waals surface area contributed by atoms with Gasteiger partial charge in [0.25, 0.3) is 0 Å². The lowest BCUT2D eigenvalue weighted by Gasteiger charge is -2.38. The number of carbonyl (C=O) groups excluding carboxylic acids is 1. The molecule has 0 aliphatic carbocycles. The molecule has 1 saturated heterocycles. The van der Waals surface area contributed by atoms with Crippen LogP contribution in [-0.4, -0.2) is 32.3 Å². The molecule has 40 heavy (non-hydrogen) atoms. The average Bonchev–Trinajstić information content (AvgIpc) is 3.54. The van der Waals surface area contributed by atoms with E-state index in [1.165, 1.54) is 0 Å². The zero-order chi connectivity index (χ0) is 27.5. The summed E-state index contributed by atoms with van der Waals surface area (Å²) in [5.41, 5.74) is 3.40. The Balaban J connectivity index is 1.58. The standard InChI is InChI=1S/C35H35NO4/c1-3-24-39-27-18-16-26(17-19-27)35(25-12-6-5-7-13-25)21-20-30-31(34(37)38-4-2)32(36-22-10-11-23-36)28-14-8-9-15-29(28)33(30)40-35/h5-9,12-21H,3-4,10-11,22-24H2,1-2H3. The number of esters is 1. The number of hydrogen-bond acceptors (Lipinski definition) is 5. The highest BCUT2D eigenvalue weighted by Gasteiger charge is 2.40. The summed E-state index contributed by atoms with van der Waals surface area (Å²) in [6.45, 7) is 6.77. The topological polar surface area (TPSA) is 48.0 Å². The van der Waals surface area contributed by atoms with Gasteiger partial charge in [-0.05, 0) is 50.5 Å². The van der Waals surface area contributed by atoms with Gasteiger partial charge in [-0.3, -0.25) is 0 Å². The molecule has 1 unspecified atom stereocenters. The van der Waals surface area contributed by atoms with Crippen molar-refractivity contribution in [1.29, 1.82) is 0 Å². The minimum absolute atomic E-state index is 0.310. The number of anilines is 1. The van der Waals surface area contributed by atoms with Gasteiger partial charge in [-0.25, -0.2) is 4.79 Å². The Kier molecular flexibility index (Phi) is 7.21. The van der Waals surface area contributed by atoms with Gasteiger partial charge in [0.05, 0.1) is 24.5 Å². The van der Waals surface area contributed by atoms with Gasteiger partial charge in [0, 0.05) is 40.6 Å². The van der Waals surface area contributed by atoms with Gasteiger partial charge in [-0.15, -0.1) is 0 Å². The number of rotatable bonds is 8. The van der Waals surface area contributed by atoms with Gasteiger partial charge in [-0.2, -0.15) is 0 Å². The molecule has 4 aromatic rings. The van der Waals surface area contributed by atoms with E-state index in [1.54, 1.807) is 0 Å². The molecule has 2 heterocycles. The predicted molar refractivity (Wildman–Crippen MR) is 160 cm³/mol. The SMILES string of the molecule is CCCOc1ccc(C2(c3ccccc3)C=Cc3c(C(=O)OCC)c(N4CCCC4)c4ccccc4c3O2)cc1. The molecule has 0 spiro atoms. The van der Waals surface area contributed by atoms with Gasteiger partial charge in [0.15, 0.2) is 5.60 Å². The Labute approximate surface area is 236 Å². The molecule has 6 rings (SSSR count). The van der Waals surface area contributed by atoms with E-state index in [0.717, 1.165) is 71.3 Å². The minimum Gasteiger partial charge on any atom is -0.494 e. The molecule has 0 N–H and O–H groups in total. The quantitative estimate of drug-likeness (QED) is 0.217. The maximum atomic E-state index is 13.6. The van der Waals surface area contributed by atoms with E-state index in [4.69, 9.17) is 14.2 Å². The fourth-order valence-corrected chi connectivity index (χ4v) is 5.93. The molecule has 1 atom stereocenters. The molecule has 0 bridgehead atoms. The molecule has 4 aromatic carbocycles. The van der Waals surface area contributed by atoms with Crippen LogP contribution in [0.5, 0.6) is 11.5 Å². The van der Waals surface area contributed by atoms with Crippen LogP contribution < -0.4 is 14.4 Å². The Morgan fingerprint density at radius 1 is 0.875 bits per heavy atom. The van der Waals surface area contributed by atoms with Crippen molar-refractivity contribution in [3.8, 4) is 11.5 Å². The summed E-state index contributed by atoms with van der Waals surface area (Å²) in [5.74, 6) is 1.21. The first kappa shape index (κ1) is 26.0. The first-order valence-corrected chi connectivity index (χ1v) is 14.3. The van der Waals surface area contributed by atoms with Crippen LogP contribution in [0.25, 0.3) is 16.8 Å². The van der Waals surface area contributed by atoms with Crippen LogP contribution >= 0.6 is 0 Å². The van der Waals surface area contributed by atoms with Crippen molar-refractivity contribution in [1.82, 2.24) is 0 Å². The normalized spacial score (nSPS) is 17.9. The molecular weight excluding hydrogens is 498 g/mol. The van der Waals surface area contributed by atoms with Crippen LogP contribution in [0, 0.1) is 0 Å². The molecule has 1 fully saturated rings. The first-order chi connectivity index (χ1) is 19.7. The maximum absolute atomic E-state index is 13.6. The maximum Gasteiger partial charge on any atom is 0.341 e. The third-order valence-corrected chi connectivity index (χ3v) is 7.79. The van der Waals surface area contributed by atoms with Crippen LogP contribution in [0.3, 0.4) is 0 Å². The van der Waals surface area contributed by atoms with Gasteiger partial charge in [0.2, 0.25) is 0 Å². The van der Waals surface area contributed by atoms with Crippen molar-refractivity contribution in [3.63, 3.8) is 0 Å². The van der Waals surface area contributed by atoms with E-state index in [0.29, 0.717) is 24.5 Å². The third-order valence-electron chi connectivity index (χ3n) is 7.79. The van der Waals surface area contributed by atoms with Crippen LogP contribution in [0.4, 0.5) is 5.69 Å². The second-order valence-corrected chi connectivity index (χ2v) is 10.3. The monoisotopic (exact) mass is 533 g/mol. The fourth-order valence-electron chi connectivity index (χ4n) is 5.93. The highest BCUT2D eigenvalue weighted by atomic mass is 16.5. The van der Waals surface area contributed by atoms with Crippen LogP contribution in [0.2, 0.25) is 0 Å². The van der Waals surface area contributed by atoms with Crippen molar-refractivity contribution in [2.75, 3.05) is 31.2 Å². The van der Waals surface area contributed by atoms with Crippen LogP contribution in [0.1, 0.15) is 60.2 Å². The first-order valence-electron chi connectivity index (χ1n) is 14.3. The van der Waals surface area contributed by atoms with Crippen molar-refractivity contribution < 1.29 is 19.0 Å². The largest absolute Gasteiger partial charge is 0.494 e. The van der Waals surface area contributed by atoms with Crippen LogP contribution in [-0.2, 0) is 10.3 Å². The predicted octanol–water partition coefficient (Wildman–Crippen LogP) is 7.75. The smallest absolute Gasteiger partial charge is 0.341 e. The molecule has 204 valence electrons. The lowest BCUT2D eigenvalue weighted by atomic mass is 9.82. The summed E-state index contributed by atoms with van der Waals surface area (Å²) in [6, 6.07) is 26.6. The number of benzene rings is 4. The molecule has 5 heteroatoms. The zero-order valence-corrected chi connectivity index (χ0v) is 23.2. The van der Waals surface area contributed by atoms with E-state index in [1.807, 2.05) is 49.4 Å². The number of fused-ring (bicyclic) bond motifs is 3. The fraction of sp³-hybridized carbons (Fsp3) is 0.286. The van der Waals surface area contributed by atoms with Gasteiger partial charge < -0.3 is 19.1 Å². The lowest BCUT2D eigenvalue weighted by molar-refractivity contribution is 0.0525. The Morgan fingerprint density at radius 3 is 2.25 bits per heavy atom. The summed E-state index contributed by atoms with van der Waals surface area (Å²) < 4.78 is 18.7. The molecule has 0 radical (unpaired) electrons. The van der Waals surface area contributed by atoms with Gasteiger partial charge in [-0.1, -0.05) is 73.7 Å². The third kappa shape index (κ3) is 4.49. The highest BCUT2D eigenvalue weighted by Crippen LogP contribution is 2.50. The lowest BCUT2D eigenvalue weighted by Crippen LogP contribution is -2.35. The molecule has 2 aliphatic rings. The van der Waals surface area contributed by atoms with E-state index in [2.05, 4.69) is 60.4 Å². The summed E-state index contributed by atoms with van der Waals surface area (Å²) in [7, 11) is 0. The summed E-state index contributed by atoms with van der Waals surface area (Å²) in [4.78, 5) is 15.9. The Hall–Kier alpha value is -4.25. The van der Waals surface area contributed by atoms with Gasteiger partial charge in [0.1, 0.15) is 11.5 Å². The summed E-state index contributed by atoms with van der Waals surface area (Å²) in [6.07, 6.45) is 7.31. The molecule has 2 aliphatic heterocycles. The van der Waals surface area contributed by atoms with Crippen molar-refractivity contribution >= 4 is 28.5 Å². The Morgan fingerprint density at radius 2 is 1.55 bits per heavy atom. The van der Waals surface area contributed by atoms with E-state index in [-0.39, 0.29) is 5.97 Å². The zero-order valence-electron chi connectivity index (χ0n) is 23.2. The van der Waals surface area contributed by atoms with Crippen molar-refractivity contribution in [2.24, 2.45) is 0 Å². The van der Waals surface area contributed by atoms with E-state index >= 15 is 0 Å². The number of carbonyl (C=O) groups is 1. The number of hydrogen-bond donors (Lipinski definition) is 0. The minimum atomic E-state index is -0.887. The molecular formula is C35H35NO4. The van der Waals surface area contributed by atoms with E-state index in [9.17, 15) is 4.79 Å². The summed E-state index contributed by atoms with van der Waals surface area (Å²) in [5, 5.41) is 1.99. The number of ether oxygens (including phenoxy) is 3. The Bertz CT molecular complexity index is 1540. The highest BCUT2D eigenvalue weighted by molar-refractivity contribution is 6.13. The van der Waals surface area contributed by atoms with Crippen molar-refractivity contribution in [2.45, 2.75) is 38.7 Å².